The highest BCUT2D eigenvalue weighted by atomic mass is 35.5. The van der Waals surface area contributed by atoms with E-state index in [0.29, 0.717) is 0 Å². The van der Waals surface area contributed by atoms with E-state index in [4.69, 9.17) is 10.6 Å². The first kappa shape index (κ1) is 6.00. The number of aliphatic carboxylic acids is 1. The molecule has 12 heavy (non-hydrogen) atoms. The number of halogens is 1. The second-order valence-electron chi connectivity index (χ2n) is 2.17. The van der Waals surface area contributed by atoms with Crippen LogP contribution in [0.15, 0.2) is 12.2 Å². The van der Waals surface area contributed by atoms with Crippen LogP contribution in [-0.4, -0.2) is 35.5 Å². The minimum atomic E-state index is -1.70. The van der Waals surface area contributed by atoms with E-state index < -0.39 is 19.0 Å². The van der Waals surface area contributed by atoms with Crippen LogP contribution in [0.2, 0.25) is 0 Å². The van der Waals surface area contributed by atoms with Gasteiger partial charge in [0, 0.05) is 18.1 Å². The zero-order valence-corrected chi connectivity index (χ0v) is 7.30. The number of rotatable bonds is 3. The molecule has 0 bridgehead atoms. The van der Waals surface area contributed by atoms with Crippen molar-refractivity contribution < 1.29 is 15.4 Å². The Kier molecular flexibility index (Phi) is 3.01. The third-order valence-corrected chi connectivity index (χ3v) is 1.28. The highest BCUT2D eigenvalue weighted by Crippen LogP contribution is 2.05. The van der Waals surface area contributed by atoms with Crippen molar-refractivity contribution in [2.75, 3.05) is 19.5 Å². The minimum absolute atomic E-state index is 0. The number of carboxylic acid groups (broad SMARTS) is 1. The second kappa shape index (κ2) is 6.03. The molecule has 1 N–H and O–H groups in total. The van der Waals surface area contributed by atoms with Crippen molar-refractivity contribution in [2.45, 2.75) is 12.8 Å². The molecule has 0 aromatic heterocycles. The first-order chi connectivity index (χ1) is 6.76. The second-order valence-corrected chi connectivity index (χ2v) is 2.17. The normalized spacial score (nSPS) is 31.3. The zero-order valence-electron chi connectivity index (χ0n) is 10.5. The summed E-state index contributed by atoms with van der Waals surface area (Å²) in [5.41, 5.74) is 0. The number of hydrogen-bond acceptors (Lipinski definition) is 2. The standard InChI is InChI=1S/C8H13NO2.ClH/c10-8(11)4-3-7-9-5-1-2-6-9;/h3-4H,1-2,5-7H2,(H,10,11);1H/b4-3+;/i5D2,6D2;. The Labute approximate surface area is 84.1 Å². The molecule has 1 rings (SSSR count). The van der Waals surface area contributed by atoms with E-state index in [1.165, 1.54) is 6.08 Å². The van der Waals surface area contributed by atoms with Crippen LogP contribution in [0.4, 0.5) is 0 Å². The van der Waals surface area contributed by atoms with Gasteiger partial charge in [-0.2, -0.15) is 0 Å². The Morgan fingerprint density at radius 3 is 2.67 bits per heavy atom. The number of likely N-dealkylation sites (tertiary alicyclic amines) is 1. The third kappa shape index (κ3) is 4.36. The molecule has 0 amide bonds. The molecule has 1 saturated heterocycles. The highest BCUT2D eigenvalue weighted by molar-refractivity contribution is 5.85. The third-order valence-electron chi connectivity index (χ3n) is 1.28. The van der Waals surface area contributed by atoms with E-state index in [-0.39, 0.29) is 31.8 Å². The van der Waals surface area contributed by atoms with Gasteiger partial charge in [-0.3, -0.25) is 4.90 Å². The van der Waals surface area contributed by atoms with Gasteiger partial charge in [0.15, 0.2) is 0 Å². The van der Waals surface area contributed by atoms with Crippen molar-refractivity contribution in [3.63, 3.8) is 0 Å². The molecule has 3 nitrogen and oxygen atoms in total. The van der Waals surface area contributed by atoms with E-state index in [1.54, 1.807) is 0 Å². The van der Waals surface area contributed by atoms with Gasteiger partial charge in [-0.05, 0) is 25.8 Å². The summed E-state index contributed by atoms with van der Waals surface area (Å²) in [5, 5.41) is 8.35. The number of nitrogens with zero attached hydrogens (tertiary/aromatic N) is 1. The molecule has 0 aromatic carbocycles. The first-order valence-electron chi connectivity index (χ1n) is 5.43. The fourth-order valence-electron chi connectivity index (χ4n) is 0.826. The number of carbonyl (C=O) groups is 1. The van der Waals surface area contributed by atoms with E-state index in [9.17, 15) is 4.79 Å². The predicted octanol–water partition coefficient (Wildman–Crippen LogP) is 1.14. The van der Waals surface area contributed by atoms with E-state index in [2.05, 4.69) is 0 Å². The van der Waals surface area contributed by atoms with Crippen LogP contribution in [0.1, 0.15) is 18.3 Å². The Morgan fingerprint density at radius 1 is 1.58 bits per heavy atom. The molecule has 0 radical (unpaired) electrons. The van der Waals surface area contributed by atoms with Crippen LogP contribution in [0.5, 0.6) is 0 Å². The van der Waals surface area contributed by atoms with Crippen LogP contribution in [0.25, 0.3) is 0 Å². The molecule has 1 heterocycles. The minimum Gasteiger partial charge on any atom is -0.478 e. The smallest absolute Gasteiger partial charge is 0.328 e. The van der Waals surface area contributed by atoms with Crippen LogP contribution >= 0.6 is 12.4 Å². The van der Waals surface area contributed by atoms with Gasteiger partial charge < -0.3 is 5.11 Å². The fraction of sp³-hybridized carbons (Fsp3) is 0.625. The maximum Gasteiger partial charge on any atom is 0.328 e. The largest absolute Gasteiger partial charge is 0.478 e. The van der Waals surface area contributed by atoms with E-state index in [1.807, 2.05) is 0 Å². The van der Waals surface area contributed by atoms with Crippen LogP contribution in [0.3, 0.4) is 0 Å². The molecule has 0 aromatic rings. The fourth-order valence-corrected chi connectivity index (χ4v) is 0.826. The van der Waals surface area contributed by atoms with E-state index in [0.717, 1.165) is 11.0 Å². The topological polar surface area (TPSA) is 40.5 Å². The molecule has 0 spiro atoms. The molecule has 0 atom stereocenters. The summed E-state index contributed by atoms with van der Waals surface area (Å²) < 4.78 is 30.2. The molecule has 4 heteroatoms. The van der Waals surface area contributed by atoms with E-state index >= 15 is 0 Å². The van der Waals surface area contributed by atoms with Crippen molar-refractivity contribution in [3.8, 4) is 0 Å². The van der Waals surface area contributed by atoms with Gasteiger partial charge in [0.05, 0.1) is 0 Å². The molecule has 1 fully saturated rings. The van der Waals surface area contributed by atoms with Gasteiger partial charge in [0.1, 0.15) is 0 Å². The number of hydrogen-bond donors (Lipinski definition) is 1. The zero-order chi connectivity index (χ0) is 11.7. The van der Waals surface area contributed by atoms with Crippen LogP contribution in [0, 0.1) is 0 Å². The Balaban J connectivity index is 0.00000225. The van der Waals surface area contributed by atoms with Gasteiger partial charge in [-0.15, -0.1) is 12.4 Å². The van der Waals surface area contributed by atoms with Crippen LogP contribution < -0.4 is 0 Å². The average Bonchev–Trinajstić information content (AvgIpc) is 2.27. The van der Waals surface area contributed by atoms with Crippen molar-refractivity contribution in [3.05, 3.63) is 12.2 Å². The maximum atomic E-state index is 10.2. The monoisotopic (exact) mass is 195 g/mol. The summed E-state index contributed by atoms with van der Waals surface area (Å²) in [5.74, 6) is -1.12. The maximum absolute atomic E-state index is 10.2. The average molecular weight is 196 g/mol. The Hall–Kier alpha value is -0.540. The summed E-state index contributed by atoms with van der Waals surface area (Å²) in [6.07, 6.45) is 2.40. The van der Waals surface area contributed by atoms with Crippen molar-refractivity contribution in [2.24, 2.45) is 0 Å². The van der Waals surface area contributed by atoms with Crippen molar-refractivity contribution in [1.82, 2.24) is 4.90 Å². The summed E-state index contributed by atoms with van der Waals surface area (Å²) in [7, 11) is 0. The van der Waals surface area contributed by atoms with Gasteiger partial charge in [-0.25, -0.2) is 4.79 Å². The van der Waals surface area contributed by atoms with Crippen LogP contribution in [-0.2, 0) is 4.79 Å². The molecule has 0 saturated carbocycles. The van der Waals surface area contributed by atoms with Gasteiger partial charge in [0.25, 0.3) is 0 Å². The lowest BCUT2D eigenvalue weighted by Gasteiger charge is -2.09. The number of carboxylic acids is 1. The van der Waals surface area contributed by atoms with Gasteiger partial charge >= 0.3 is 5.97 Å². The Bertz CT molecular complexity index is 280. The summed E-state index contributed by atoms with van der Waals surface area (Å²) in [6, 6.07) is 0. The lowest BCUT2D eigenvalue weighted by molar-refractivity contribution is -0.131. The quantitative estimate of drug-likeness (QED) is 0.687. The lowest BCUT2D eigenvalue weighted by Crippen LogP contribution is -2.18. The predicted molar refractivity (Wildman–Crippen MR) is 49.7 cm³/mol. The lowest BCUT2D eigenvalue weighted by atomic mass is 10.4. The molecule has 70 valence electrons. The molecular weight excluding hydrogens is 178 g/mol. The van der Waals surface area contributed by atoms with Gasteiger partial charge in [0.2, 0.25) is 0 Å². The summed E-state index contributed by atoms with van der Waals surface area (Å²) in [6.45, 7) is -3.44. The Morgan fingerprint density at radius 2 is 2.17 bits per heavy atom. The summed E-state index contributed by atoms with van der Waals surface area (Å²) >= 11 is 0. The molecule has 1 aliphatic rings. The molecule has 0 aliphatic carbocycles. The van der Waals surface area contributed by atoms with Gasteiger partial charge in [-0.1, -0.05) is 6.08 Å². The first-order valence-corrected chi connectivity index (χ1v) is 3.43. The summed E-state index contributed by atoms with van der Waals surface area (Å²) in [4.78, 5) is 11.2. The van der Waals surface area contributed by atoms with Crippen molar-refractivity contribution in [1.29, 1.82) is 0 Å². The molecule has 0 unspecified atom stereocenters. The van der Waals surface area contributed by atoms with Crippen molar-refractivity contribution >= 4 is 18.4 Å². The molecule has 1 aliphatic heterocycles. The molecular formula is C8H14ClNO2. The SMILES string of the molecule is Cl.[2H]C1([2H])CCC([2H])([2H])N1C/C=C/C(=O)O. The highest BCUT2D eigenvalue weighted by Gasteiger charge is 2.08.